The predicted octanol–water partition coefficient (Wildman–Crippen LogP) is 2.87. The Hall–Kier alpha value is -1.56. The number of nitrogens with zero attached hydrogens (tertiary/aromatic N) is 2. The van der Waals surface area contributed by atoms with Crippen molar-refractivity contribution in [2.24, 2.45) is 0 Å². The monoisotopic (exact) mass is 349 g/mol. The summed E-state index contributed by atoms with van der Waals surface area (Å²) in [6.07, 6.45) is 7.51. The summed E-state index contributed by atoms with van der Waals surface area (Å²) in [7, 11) is 0. The lowest BCUT2D eigenvalue weighted by molar-refractivity contribution is -0.129. The van der Waals surface area contributed by atoms with Gasteiger partial charge in [-0.3, -0.25) is 4.79 Å². The second kappa shape index (κ2) is 8.51. The molecule has 2 aliphatic heterocycles. The molecule has 0 saturated carbocycles. The van der Waals surface area contributed by atoms with Crippen LogP contribution < -0.4 is 5.32 Å². The molecule has 3 heterocycles. The maximum Gasteiger partial charge on any atom is 0.318 e. The second-order valence-corrected chi connectivity index (χ2v) is 7.74. The van der Waals surface area contributed by atoms with Gasteiger partial charge in [0.15, 0.2) is 0 Å². The Labute approximate surface area is 148 Å². The summed E-state index contributed by atoms with van der Waals surface area (Å²) < 4.78 is 0. The van der Waals surface area contributed by atoms with Gasteiger partial charge in [-0.15, -0.1) is 11.3 Å². The minimum absolute atomic E-state index is 0.0491. The Morgan fingerprint density at radius 1 is 1.17 bits per heavy atom. The summed E-state index contributed by atoms with van der Waals surface area (Å²) in [4.78, 5) is 29.8. The van der Waals surface area contributed by atoms with E-state index in [0.29, 0.717) is 6.04 Å². The first-order valence-electron chi connectivity index (χ1n) is 9.08. The molecule has 0 aromatic carbocycles. The second-order valence-electron chi connectivity index (χ2n) is 6.71. The Kier molecular flexibility index (Phi) is 6.12. The fourth-order valence-corrected chi connectivity index (χ4v) is 4.39. The van der Waals surface area contributed by atoms with E-state index in [9.17, 15) is 9.59 Å². The number of urea groups is 1. The van der Waals surface area contributed by atoms with E-state index in [1.54, 1.807) is 11.3 Å². The van der Waals surface area contributed by atoms with Gasteiger partial charge in [0.25, 0.3) is 0 Å². The van der Waals surface area contributed by atoms with Crippen molar-refractivity contribution in [3.8, 4) is 0 Å². The van der Waals surface area contributed by atoms with E-state index in [0.717, 1.165) is 58.2 Å². The van der Waals surface area contributed by atoms with Gasteiger partial charge in [0.2, 0.25) is 5.91 Å². The molecule has 0 spiro atoms. The van der Waals surface area contributed by atoms with Crippen LogP contribution in [0.4, 0.5) is 4.79 Å². The quantitative estimate of drug-likeness (QED) is 0.889. The summed E-state index contributed by atoms with van der Waals surface area (Å²) >= 11 is 1.78. The molecule has 2 aliphatic rings. The van der Waals surface area contributed by atoms with Gasteiger partial charge < -0.3 is 15.1 Å². The molecule has 1 N–H and O–H groups in total. The third kappa shape index (κ3) is 4.50. The molecule has 24 heavy (non-hydrogen) atoms. The molecule has 0 aliphatic carbocycles. The van der Waals surface area contributed by atoms with Crippen LogP contribution in [0, 0.1) is 0 Å². The number of amides is 3. The number of piperidine rings is 1. The standard InChI is InChI=1S/C18H27N3O2S/c22-17(20-10-3-4-11-20)14-19-18(23)21-12-2-1-6-15(21)8-9-16-7-5-13-24-16/h5,7,13,15H,1-4,6,8-12,14H2,(H,19,23). The van der Waals surface area contributed by atoms with Crippen molar-refractivity contribution < 1.29 is 9.59 Å². The average Bonchev–Trinajstić information content (AvgIpc) is 3.31. The number of aryl methyl sites for hydroxylation is 1. The van der Waals surface area contributed by atoms with Crippen LogP contribution in [0.2, 0.25) is 0 Å². The molecule has 5 nitrogen and oxygen atoms in total. The van der Waals surface area contributed by atoms with Crippen LogP contribution in [0.3, 0.4) is 0 Å². The number of carbonyl (C=O) groups excluding carboxylic acids is 2. The van der Waals surface area contributed by atoms with Gasteiger partial charge in [-0.25, -0.2) is 4.79 Å². The molecule has 1 unspecified atom stereocenters. The van der Waals surface area contributed by atoms with Gasteiger partial charge >= 0.3 is 6.03 Å². The maximum absolute atomic E-state index is 12.5. The minimum atomic E-state index is -0.0709. The number of hydrogen-bond donors (Lipinski definition) is 1. The SMILES string of the molecule is O=C(CNC(=O)N1CCCCC1CCc1cccs1)N1CCCC1. The fourth-order valence-electron chi connectivity index (χ4n) is 3.66. The van der Waals surface area contributed by atoms with Crippen LogP contribution in [-0.4, -0.2) is 54.0 Å². The van der Waals surface area contributed by atoms with Crippen molar-refractivity contribution in [3.63, 3.8) is 0 Å². The van der Waals surface area contributed by atoms with E-state index in [1.165, 1.54) is 11.3 Å². The molecule has 2 fully saturated rings. The van der Waals surface area contributed by atoms with Gasteiger partial charge in [0.05, 0.1) is 6.54 Å². The summed E-state index contributed by atoms with van der Waals surface area (Å²) in [5, 5.41) is 4.95. The van der Waals surface area contributed by atoms with Gasteiger partial charge in [-0.1, -0.05) is 6.07 Å². The Balaban J connectivity index is 1.48. The van der Waals surface area contributed by atoms with Crippen molar-refractivity contribution in [1.29, 1.82) is 0 Å². The fraction of sp³-hybridized carbons (Fsp3) is 0.667. The lowest BCUT2D eigenvalue weighted by Gasteiger charge is -2.36. The Morgan fingerprint density at radius 2 is 1.96 bits per heavy atom. The van der Waals surface area contributed by atoms with Crippen LogP contribution >= 0.6 is 11.3 Å². The maximum atomic E-state index is 12.5. The topological polar surface area (TPSA) is 52.7 Å². The molecular formula is C18H27N3O2S. The van der Waals surface area contributed by atoms with Crippen LogP contribution in [0.1, 0.15) is 43.4 Å². The van der Waals surface area contributed by atoms with Crippen molar-refractivity contribution in [2.75, 3.05) is 26.2 Å². The molecule has 3 rings (SSSR count). The van der Waals surface area contributed by atoms with Gasteiger partial charge in [-0.05, 0) is 56.4 Å². The Bertz CT molecular complexity index is 540. The van der Waals surface area contributed by atoms with Crippen molar-refractivity contribution in [3.05, 3.63) is 22.4 Å². The average molecular weight is 350 g/mol. The number of carbonyl (C=O) groups is 2. The van der Waals surface area contributed by atoms with E-state index in [2.05, 4.69) is 22.8 Å². The number of thiophene rings is 1. The zero-order valence-corrected chi connectivity index (χ0v) is 15.0. The highest BCUT2D eigenvalue weighted by Crippen LogP contribution is 2.22. The summed E-state index contributed by atoms with van der Waals surface area (Å²) in [6.45, 7) is 2.61. The number of likely N-dealkylation sites (tertiary alicyclic amines) is 2. The van der Waals surface area contributed by atoms with Crippen molar-refractivity contribution >= 4 is 23.3 Å². The van der Waals surface area contributed by atoms with E-state index < -0.39 is 0 Å². The normalized spacial score (nSPS) is 21.1. The van der Waals surface area contributed by atoms with Crippen LogP contribution in [-0.2, 0) is 11.2 Å². The predicted molar refractivity (Wildman–Crippen MR) is 96.2 cm³/mol. The van der Waals surface area contributed by atoms with E-state index in [-0.39, 0.29) is 18.5 Å². The number of hydrogen-bond acceptors (Lipinski definition) is 3. The Morgan fingerprint density at radius 3 is 2.71 bits per heavy atom. The van der Waals surface area contributed by atoms with Crippen molar-refractivity contribution in [1.82, 2.24) is 15.1 Å². The van der Waals surface area contributed by atoms with Gasteiger partial charge in [0.1, 0.15) is 0 Å². The molecule has 1 aromatic rings. The van der Waals surface area contributed by atoms with Crippen LogP contribution in [0.15, 0.2) is 17.5 Å². The summed E-state index contributed by atoms with van der Waals surface area (Å²) in [6, 6.07) is 4.46. The molecule has 3 amide bonds. The first-order valence-corrected chi connectivity index (χ1v) is 9.96. The molecule has 132 valence electrons. The molecule has 1 atom stereocenters. The van der Waals surface area contributed by atoms with E-state index in [4.69, 9.17) is 0 Å². The summed E-state index contributed by atoms with van der Waals surface area (Å²) in [5.74, 6) is 0.0491. The smallest absolute Gasteiger partial charge is 0.318 e. The van der Waals surface area contributed by atoms with Crippen LogP contribution in [0.5, 0.6) is 0 Å². The van der Waals surface area contributed by atoms with Gasteiger partial charge in [-0.2, -0.15) is 0 Å². The highest BCUT2D eigenvalue weighted by molar-refractivity contribution is 7.09. The molecule has 0 radical (unpaired) electrons. The third-order valence-corrected chi connectivity index (χ3v) is 5.98. The van der Waals surface area contributed by atoms with E-state index >= 15 is 0 Å². The first kappa shape index (κ1) is 17.3. The van der Waals surface area contributed by atoms with Crippen LogP contribution in [0.25, 0.3) is 0 Å². The zero-order valence-electron chi connectivity index (χ0n) is 14.2. The highest BCUT2D eigenvalue weighted by Gasteiger charge is 2.27. The molecular weight excluding hydrogens is 322 g/mol. The molecule has 0 bridgehead atoms. The first-order chi connectivity index (χ1) is 11.7. The summed E-state index contributed by atoms with van der Waals surface area (Å²) in [5.41, 5.74) is 0. The number of nitrogens with one attached hydrogen (secondary N) is 1. The largest absolute Gasteiger partial charge is 0.341 e. The lowest BCUT2D eigenvalue weighted by Crippen LogP contribution is -2.50. The molecule has 1 aromatic heterocycles. The van der Waals surface area contributed by atoms with Crippen molar-refractivity contribution in [2.45, 2.75) is 51.0 Å². The van der Waals surface area contributed by atoms with Gasteiger partial charge in [0, 0.05) is 30.6 Å². The number of rotatable bonds is 5. The molecule has 6 heteroatoms. The lowest BCUT2D eigenvalue weighted by atomic mass is 9.98. The highest BCUT2D eigenvalue weighted by atomic mass is 32.1. The third-order valence-electron chi connectivity index (χ3n) is 5.04. The zero-order chi connectivity index (χ0) is 16.8. The molecule has 2 saturated heterocycles. The minimum Gasteiger partial charge on any atom is -0.341 e. The van der Waals surface area contributed by atoms with E-state index in [1.807, 2.05) is 9.80 Å².